The van der Waals surface area contributed by atoms with E-state index < -0.39 is 0 Å². The summed E-state index contributed by atoms with van der Waals surface area (Å²) in [7, 11) is 0. The Morgan fingerprint density at radius 1 is 1.14 bits per heavy atom. The Kier molecular flexibility index (Phi) is 5.56. The van der Waals surface area contributed by atoms with Crippen molar-refractivity contribution < 1.29 is 4.79 Å². The van der Waals surface area contributed by atoms with Crippen molar-refractivity contribution in [2.75, 3.05) is 5.32 Å². The van der Waals surface area contributed by atoms with E-state index in [-0.39, 0.29) is 5.91 Å². The first-order valence-electron chi connectivity index (χ1n) is 7.31. The maximum atomic E-state index is 12.2. The van der Waals surface area contributed by atoms with Crippen LogP contribution in [-0.4, -0.2) is 5.91 Å². The van der Waals surface area contributed by atoms with E-state index >= 15 is 0 Å². The van der Waals surface area contributed by atoms with Crippen molar-refractivity contribution in [3.63, 3.8) is 0 Å². The summed E-state index contributed by atoms with van der Waals surface area (Å²) in [5, 5.41) is 3.01. The molecule has 0 aromatic heterocycles. The minimum atomic E-state index is -0.112. The molecule has 0 radical (unpaired) electrons. The lowest BCUT2D eigenvalue weighted by Crippen LogP contribution is -2.11. The lowest BCUT2D eigenvalue weighted by molar-refractivity contribution is -0.111. The normalized spacial score (nSPS) is 11.1. The minimum absolute atomic E-state index is 0.112. The van der Waals surface area contributed by atoms with E-state index in [2.05, 4.69) is 41.2 Å². The van der Waals surface area contributed by atoms with E-state index in [1.54, 1.807) is 6.08 Å². The monoisotopic (exact) mass is 357 g/mol. The fraction of sp³-hybridized carbons (Fsp3) is 0.211. The lowest BCUT2D eigenvalue weighted by Gasteiger charge is -2.15. The van der Waals surface area contributed by atoms with Gasteiger partial charge in [-0.2, -0.15) is 0 Å². The molecule has 2 aromatic carbocycles. The Hall–Kier alpha value is -1.87. The van der Waals surface area contributed by atoms with Crippen LogP contribution in [0.25, 0.3) is 6.08 Å². The number of anilines is 1. The molecule has 2 aromatic rings. The SMILES string of the molecule is Cc1cccc(C(C)C)c1NC(=O)/C=C\c1ccc(Br)cc1. The van der Waals surface area contributed by atoms with Crippen molar-refractivity contribution in [1.29, 1.82) is 0 Å². The summed E-state index contributed by atoms with van der Waals surface area (Å²) in [5.41, 5.74) is 4.15. The molecular formula is C19H20BrNO. The van der Waals surface area contributed by atoms with E-state index in [4.69, 9.17) is 0 Å². The number of amides is 1. The molecule has 0 spiro atoms. The number of hydrogen-bond acceptors (Lipinski definition) is 1. The molecule has 0 atom stereocenters. The zero-order chi connectivity index (χ0) is 16.1. The third-order valence-electron chi connectivity index (χ3n) is 3.47. The average Bonchev–Trinajstić information content (AvgIpc) is 2.48. The topological polar surface area (TPSA) is 29.1 Å². The summed E-state index contributed by atoms with van der Waals surface area (Å²) in [5.74, 6) is 0.254. The Morgan fingerprint density at radius 3 is 2.45 bits per heavy atom. The summed E-state index contributed by atoms with van der Waals surface area (Å²) in [6, 6.07) is 13.9. The minimum Gasteiger partial charge on any atom is -0.322 e. The fourth-order valence-corrected chi connectivity index (χ4v) is 2.52. The standard InChI is InChI=1S/C19H20BrNO/c1-13(2)17-6-4-5-14(3)19(17)21-18(22)12-9-15-7-10-16(20)11-8-15/h4-13H,1-3H3,(H,21,22)/b12-9-. The molecule has 1 amide bonds. The van der Waals surface area contributed by atoms with E-state index in [1.165, 1.54) is 0 Å². The molecule has 0 bridgehead atoms. The van der Waals surface area contributed by atoms with Crippen molar-refractivity contribution in [3.8, 4) is 0 Å². The first-order valence-corrected chi connectivity index (χ1v) is 8.11. The highest BCUT2D eigenvalue weighted by Crippen LogP contribution is 2.27. The highest BCUT2D eigenvalue weighted by atomic mass is 79.9. The zero-order valence-corrected chi connectivity index (χ0v) is 14.6. The quantitative estimate of drug-likeness (QED) is 0.715. The van der Waals surface area contributed by atoms with Gasteiger partial charge in [0.15, 0.2) is 0 Å². The second-order valence-corrected chi connectivity index (χ2v) is 6.48. The van der Waals surface area contributed by atoms with E-state index in [9.17, 15) is 4.79 Å². The summed E-state index contributed by atoms with van der Waals surface area (Å²) in [6.45, 7) is 6.27. The van der Waals surface area contributed by atoms with Crippen LogP contribution in [0, 0.1) is 6.92 Å². The number of benzene rings is 2. The lowest BCUT2D eigenvalue weighted by atomic mass is 9.98. The molecule has 1 N–H and O–H groups in total. The molecule has 0 saturated heterocycles. The van der Waals surface area contributed by atoms with Crippen LogP contribution in [0.5, 0.6) is 0 Å². The third kappa shape index (κ3) is 4.31. The molecule has 0 saturated carbocycles. The van der Waals surface area contributed by atoms with E-state index in [0.29, 0.717) is 5.92 Å². The number of para-hydroxylation sites is 1. The molecule has 22 heavy (non-hydrogen) atoms. The van der Waals surface area contributed by atoms with Gasteiger partial charge in [-0.15, -0.1) is 0 Å². The second-order valence-electron chi connectivity index (χ2n) is 5.57. The number of nitrogens with one attached hydrogen (secondary N) is 1. The number of carbonyl (C=O) groups excluding carboxylic acids is 1. The Bertz CT molecular complexity index is 687. The van der Waals surface area contributed by atoms with Gasteiger partial charge in [-0.05, 0) is 47.7 Å². The predicted octanol–water partition coefficient (Wildman–Crippen LogP) is 5.53. The molecule has 114 valence electrons. The molecule has 2 nitrogen and oxygen atoms in total. The van der Waals surface area contributed by atoms with Crippen molar-refractivity contribution in [1.82, 2.24) is 0 Å². The second kappa shape index (κ2) is 7.41. The first kappa shape index (κ1) is 16.5. The smallest absolute Gasteiger partial charge is 0.248 e. The van der Waals surface area contributed by atoms with Crippen molar-refractivity contribution in [2.45, 2.75) is 26.7 Å². The molecular weight excluding hydrogens is 338 g/mol. The summed E-state index contributed by atoms with van der Waals surface area (Å²) in [4.78, 5) is 12.2. The summed E-state index contributed by atoms with van der Waals surface area (Å²) in [6.07, 6.45) is 3.38. The maximum absolute atomic E-state index is 12.2. The number of hydrogen-bond donors (Lipinski definition) is 1. The van der Waals surface area contributed by atoms with Gasteiger partial charge >= 0.3 is 0 Å². The van der Waals surface area contributed by atoms with Crippen molar-refractivity contribution in [2.24, 2.45) is 0 Å². The van der Waals surface area contributed by atoms with Gasteiger partial charge in [0.2, 0.25) is 5.91 Å². The number of carbonyl (C=O) groups is 1. The van der Waals surface area contributed by atoms with Gasteiger partial charge in [0.1, 0.15) is 0 Å². The molecule has 0 fully saturated rings. The maximum Gasteiger partial charge on any atom is 0.248 e. The van der Waals surface area contributed by atoms with Crippen molar-refractivity contribution >= 4 is 33.6 Å². The average molecular weight is 358 g/mol. The summed E-state index contributed by atoms with van der Waals surface area (Å²) < 4.78 is 1.02. The molecule has 0 unspecified atom stereocenters. The van der Waals surface area contributed by atoms with Gasteiger partial charge in [0, 0.05) is 16.2 Å². The molecule has 0 aliphatic heterocycles. The van der Waals surface area contributed by atoms with Crippen LogP contribution in [0.4, 0.5) is 5.69 Å². The molecule has 3 heteroatoms. The largest absolute Gasteiger partial charge is 0.322 e. The van der Waals surface area contributed by atoms with Crippen LogP contribution in [0.2, 0.25) is 0 Å². The summed E-state index contributed by atoms with van der Waals surface area (Å²) >= 11 is 3.40. The van der Waals surface area contributed by atoms with E-state index in [0.717, 1.165) is 26.9 Å². The van der Waals surface area contributed by atoms with Crippen LogP contribution in [0.15, 0.2) is 53.0 Å². The predicted molar refractivity (Wildman–Crippen MR) is 97.1 cm³/mol. The van der Waals surface area contributed by atoms with Gasteiger partial charge in [0.25, 0.3) is 0 Å². The van der Waals surface area contributed by atoms with Crippen LogP contribution in [0.1, 0.15) is 36.5 Å². The van der Waals surface area contributed by atoms with Crippen molar-refractivity contribution in [3.05, 3.63) is 69.7 Å². The zero-order valence-electron chi connectivity index (χ0n) is 13.1. The Morgan fingerprint density at radius 2 is 1.82 bits per heavy atom. The molecule has 0 aliphatic carbocycles. The van der Waals surface area contributed by atoms with Crippen LogP contribution < -0.4 is 5.32 Å². The fourth-order valence-electron chi connectivity index (χ4n) is 2.25. The number of aryl methyl sites for hydroxylation is 1. The van der Waals surface area contributed by atoms with Gasteiger partial charge < -0.3 is 5.32 Å². The highest BCUT2D eigenvalue weighted by Gasteiger charge is 2.10. The molecule has 0 heterocycles. The van der Waals surface area contributed by atoms with Crippen LogP contribution in [0.3, 0.4) is 0 Å². The number of rotatable bonds is 4. The van der Waals surface area contributed by atoms with Gasteiger partial charge in [-0.1, -0.05) is 60.1 Å². The Balaban J connectivity index is 2.14. The molecule has 0 aliphatic rings. The van der Waals surface area contributed by atoms with Gasteiger partial charge in [-0.3, -0.25) is 4.79 Å². The van der Waals surface area contributed by atoms with Gasteiger partial charge in [-0.25, -0.2) is 0 Å². The Labute approximate surface area is 140 Å². The molecule has 2 rings (SSSR count). The van der Waals surface area contributed by atoms with Crippen LogP contribution in [-0.2, 0) is 4.79 Å². The first-order chi connectivity index (χ1) is 10.5. The number of halogens is 1. The van der Waals surface area contributed by atoms with Gasteiger partial charge in [0.05, 0.1) is 0 Å². The highest BCUT2D eigenvalue weighted by molar-refractivity contribution is 9.10. The van der Waals surface area contributed by atoms with Crippen LogP contribution >= 0.6 is 15.9 Å². The third-order valence-corrected chi connectivity index (χ3v) is 4.00. The van der Waals surface area contributed by atoms with E-state index in [1.807, 2.05) is 49.4 Å².